The van der Waals surface area contributed by atoms with Gasteiger partial charge in [-0.25, -0.2) is 14.4 Å². The average molecular weight is 489 g/mol. The summed E-state index contributed by atoms with van der Waals surface area (Å²) in [7, 11) is 0. The molecule has 3 aromatic rings. The van der Waals surface area contributed by atoms with Crippen LogP contribution in [-0.4, -0.2) is 56.0 Å². The van der Waals surface area contributed by atoms with E-state index >= 15 is 0 Å². The number of nitrogens with one attached hydrogen (secondary N) is 3. The van der Waals surface area contributed by atoms with Gasteiger partial charge < -0.3 is 15.5 Å². The minimum absolute atomic E-state index is 0.0510. The topological polar surface area (TPSA) is 116 Å². The summed E-state index contributed by atoms with van der Waals surface area (Å²) in [6.07, 6.45) is 3.29. The number of anilines is 1. The normalized spacial score (nSPS) is 15.7. The zero-order valence-electron chi connectivity index (χ0n) is 18.1. The SMILES string of the molecule is C#C[C@@H]1CCCN1C(=O)CNc1n[nH]c2c(C(=O)NCc3ccc(F)c(C(F)(F)F)c3)ncnc12. The van der Waals surface area contributed by atoms with Gasteiger partial charge in [0.15, 0.2) is 11.5 Å². The monoisotopic (exact) mass is 489 g/mol. The third kappa shape index (κ3) is 5.01. The molecular weight excluding hydrogens is 470 g/mol. The van der Waals surface area contributed by atoms with Gasteiger partial charge in [0, 0.05) is 13.1 Å². The van der Waals surface area contributed by atoms with Crippen molar-refractivity contribution in [2.75, 3.05) is 18.4 Å². The molecule has 0 spiro atoms. The van der Waals surface area contributed by atoms with E-state index in [1.54, 1.807) is 4.90 Å². The number of halogens is 4. The Balaban J connectivity index is 1.45. The fraction of sp³-hybridized carbons (Fsp3) is 0.318. The molecule has 3 N–H and O–H groups in total. The van der Waals surface area contributed by atoms with Crippen LogP contribution in [0.15, 0.2) is 24.5 Å². The molecular formula is C22H19F4N7O2. The number of rotatable bonds is 6. The van der Waals surface area contributed by atoms with E-state index in [1.165, 1.54) is 0 Å². The van der Waals surface area contributed by atoms with Crippen LogP contribution >= 0.6 is 0 Å². The first-order valence-electron chi connectivity index (χ1n) is 10.5. The Hall–Kier alpha value is -4.21. The summed E-state index contributed by atoms with van der Waals surface area (Å²) in [4.78, 5) is 34.8. The number of fused-ring (bicyclic) bond motifs is 1. The van der Waals surface area contributed by atoms with Crippen molar-refractivity contribution in [3.63, 3.8) is 0 Å². The zero-order valence-corrected chi connectivity index (χ0v) is 18.1. The molecule has 0 bridgehead atoms. The average Bonchev–Trinajstić information content (AvgIpc) is 3.48. The van der Waals surface area contributed by atoms with Crippen molar-refractivity contribution in [3.05, 3.63) is 47.2 Å². The van der Waals surface area contributed by atoms with Crippen molar-refractivity contribution in [1.82, 2.24) is 30.4 Å². The Morgan fingerprint density at radius 2 is 2.09 bits per heavy atom. The summed E-state index contributed by atoms with van der Waals surface area (Å²) in [6.45, 7) is 0.186. The van der Waals surface area contributed by atoms with Gasteiger partial charge in [0.2, 0.25) is 5.91 Å². The highest BCUT2D eigenvalue weighted by Crippen LogP contribution is 2.32. The van der Waals surface area contributed by atoms with Crippen LogP contribution in [0.1, 0.15) is 34.5 Å². The Bertz CT molecular complexity index is 1320. The van der Waals surface area contributed by atoms with Gasteiger partial charge in [0.1, 0.15) is 23.2 Å². The number of nitrogens with zero attached hydrogens (tertiary/aromatic N) is 4. The molecule has 1 saturated heterocycles. The van der Waals surface area contributed by atoms with Crippen molar-refractivity contribution in [2.45, 2.75) is 31.6 Å². The third-order valence-electron chi connectivity index (χ3n) is 5.53. The minimum Gasteiger partial charge on any atom is -0.358 e. The number of carbonyl (C=O) groups excluding carboxylic acids is 2. The molecule has 2 aromatic heterocycles. The van der Waals surface area contributed by atoms with Crippen LogP contribution in [0.3, 0.4) is 0 Å². The molecule has 1 aliphatic heterocycles. The number of alkyl halides is 3. The number of hydrogen-bond donors (Lipinski definition) is 3. The second kappa shape index (κ2) is 9.57. The lowest BCUT2D eigenvalue weighted by molar-refractivity contribution is -0.140. The summed E-state index contributed by atoms with van der Waals surface area (Å²) >= 11 is 0. The van der Waals surface area contributed by atoms with Gasteiger partial charge in [0.05, 0.1) is 18.2 Å². The lowest BCUT2D eigenvalue weighted by atomic mass is 10.1. The molecule has 0 radical (unpaired) electrons. The second-order valence-corrected chi connectivity index (χ2v) is 7.78. The predicted molar refractivity (Wildman–Crippen MR) is 116 cm³/mol. The molecule has 1 aliphatic rings. The molecule has 9 nitrogen and oxygen atoms in total. The lowest BCUT2D eigenvalue weighted by Gasteiger charge is -2.20. The van der Waals surface area contributed by atoms with Gasteiger partial charge in [-0.05, 0) is 30.5 Å². The number of terminal acetylenes is 1. The first-order valence-corrected chi connectivity index (χ1v) is 10.5. The van der Waals surface area contributed by atoms with E-state index in [0.29, 0.717) is 18.7 Å². The highest BCUT2D eigenvalue weighted by Gasteiger charge is 2.34. The standard InChI is InChI=1S/C22H19F4N7O2/c1-2-13-4-3-7-33(13)16(34)10-27-20-18-17(31-32-20)19(30-11-29-18)21(35)28-9-12-5-6-15(23)14(8-12)22(24,25)26/h1,5-6,8,11,13H,3-4,7,9-10H2,(H,28,35)(H2,27,31,32)/t13-/m1/s1. The van der Waals surface area contributed by atoms with Crippen molar-refractivity contribution in [1.29, 1.82) is 0 Å². The van der Waals surface area contributed by atoms with Crippen LogP contribution in [-0.2, 0) is 17.5 Å². The van der Waals surface area contributed by atoms with Crippen LogP contribution in [0.5, 0.6) is 0 Å². The molecule has 1 fully saturated rings. The number of likely N-dealkylation sites (tertiary alicyclic amines) is 1. The highest BCUT2D eigenvalue weighted by molar-refractivity contribution is 6.05. The molecule has 4 rings (SSSR count). The first kappa shape index (κ1) is 23.9. The van der Waals surface area contributed by atoms with E-state index < -0.39 is 23.5 Å². The quantitative estimate of drug-likeness (QED) is 0.362. The van der Waals surface area contributed by atoms with E-state index in [2.05, 4.69) is 36.7 Å². The van der Waals surface area contributed by atoms with E-state index in [1.807, 2.05) is 0 Å². The summed E-state index contributed by atoms with van der Waals surface area (Å²) in [6, 6.07) is 2.22. The van der Waals surface area contributed by atoms with Gasteiger partial charge in [-0.15, -0.1) is 6.42 Å². The van der Waals surface area contributed by atoms with Crippen molar-refractivity contribution < 1.29 is 27.2 Å². The zero-order chi connectivity index (χ0) is 25.2. The summed E-state index contributed by atoms with van der Waals surface area (Å²) in [5, 5.41) is 12.0. The van der Waals surface area contributed by atoms with E-state index in [0.717, 1.165) is 25.2 Å². The Morgan fingerprint density at radius 1 is 1.29 bits per heavy atom. The molecule has 3 heterocycles. The summed E-state index contributed by atoms with van der Waals surface area (Å²) < 4.78 is 52.2. The third-order valence-corrected chi connectivity index (χ3v) is 5.53. The molecule has 35 heavy (non-hydrogen) atoms. The maximum absolute atomic E-state index is 13.5. The first-order chi connectivity index (χ1) is 16.7. The van der Waals surface area contributed by atoms with Crippen molar-refractivity contribution in [2.24, 2.45) is 0 Å². The molecule has 1 aromatic carbocycles. The minimum atomic E-state index is -4.86. The lowest BCUT2D eigenvalue weighted by Crippen LogP contribution is -2.38. The molecule has 0 aliphatic carbocycles. The Morgan fingerprint density at radius 3 is 2.83 bits per heavy atom. The highest BCUT2D eigenvalue weighted by atomic mass is 19.4. The predicted octanol–water partition coefficient (Wildman–Crippen LogP) is 2.48. The number of hydrogen-bond acceptors (Lipinski definition) is 6. The number of amides is 2. The fourth-order valence-corrected chi connectivity index (χ4v) is 3.80. The molecule has 13 heteroatoms. The molecule has 0 unspecified atom stereocenters. The van der Waals surface area contributed by atoms with Gasteiger partial charge in [0.25, 0.3) is 5.91 Å². The number of benzene rings is 1. The smallest absolute Gasteiger partial charge is 0.358 e. The van der Waals surface area contributed by atoms with Crippen LogP contribution in [0, 0.1) is 18.2 Å². The molecule has 182 valence electrons. The Kier molecular flexibility index (Phi) is 6.54. The van der Waals surface area contributed by atoms with Gasteiger partial charge in [-0.3, -0.25) is 14.7 Å². The number of carbonyl (C=O) groups is 2. The number of H-pyrrole nitrogens is 1. The maximum atomic E-state index is 13.5. The molecule has 0 saturated carbocycles. The summed E-state index contributed by atoms with van der Waals surface area (Å²) in [5.74, 6) is 0.491. The van der Waals surface area contributed by atoms with Gasteiger partial charge in [-0.1, -0.05) is 12.0 Å². The van der Waals surface area contributed by atoms with Crippen molar-refractivity contribution >= 4 is 28.7 Å². The van der Waals surface area contributed by atoms with Gasteiger partial charge in [-0.2, -0.15) is 18.3 Å². The fourth-order valence-electron chi connectivity index (χ4n) is 3.80. The van der Waals surface area contributed by atoms with E-state index in [9.17, 15) is 27.2 Å². The Labute approximate surface area is 196 Å². The van der Waals surface area contributed by atoms with Crippen LogP contribution < -0.4 is 10.6 Å². The van der Waals surface area contributed by atoms with E-state index in [-0.39, 0.29) is 53.1 Å². The van der Waals surface area contributed by atoms with Crippen molar-refractivity contribution in [3.8, 4) is 12.3 Å². The largest absolute Gasteiger partial charge is 0.419 e. The van der Waals surface area contributed by atoms with Gasteiger partial charge >= 0.3 is 6.18 Å². The van der Waals surface area contributed by atoms with E-state index in [4.69, 9.17) is 6.42 Å². The van der Waals surface area contributed by atoms with Crippen LogP contribution in [0.4, 0.5) is 23.4 Å². The van der Waals surface area contributed by atoms with Crippen LogP contribution in [0.2, 0.25) is 0 Å². The summed E-state index contributed by atoms with van der Waals surface area (Å²) in [5.41, 5.74) is -1.07. The van der Waals surface area contributed by atoms with Crippen LogP contribution in [0.25, 0.3) is 11.0 Å². The second-order valence-electron chi connectivity index (χ2n) is 7.78. The molecule has 2 amide bonds. The maximum Gasteiger partial charge on any atom is 0.419 e. The molecule has 1 atom stereocenters. The number of aromatic nitrogens is 4. The number of aromatic amines is 1.